The fraction of sp³-hybridized carbons (Fsp3) is 0.786. The van der Waals surface area contributed by atoms with E-state index >= 15 is 0 Å². The third-order valence-corrected chi connectivity index (χ3v) is 4.15. The van der Waals surface area contributed by atoms with Gasteiger partial charge in [-0.05, 0) is 19.9 Å². The quantitative estimate of drug-likeness (QED) is 0.896. The normalized spacial score (nSPS) is 25.8. The molecule has 1 aliphatic heterocycles. The Hall–Kier alpha value is -1.07. The molecule has 2 heterocycles. The first-order valence-electron chi connectivity index (χ1n) is 7.39. The molecule has 1 saturated heterocycles. The highest BCUT2D eigenvalue weighted by Gasteiger charge is 2.21. The van der Waals surface area contributed by atoms with Crippen LogP contribution in [0.5, 0.6) is 0 Å². The van der Waals surface area contributed by atoms with Gasteiger partial charge in [-0.25, -0.2) is 4.98 Å². The van der Waals surface area contributed by atoms with Gasteiger partial charge in [0.2, 0.25) is 5.95 Å². The van der Waals surface area contributed by atoms with E-state index < -0.39 is 0 Å². The fourth-order valence-electron chi connectivity index (χ4n) is 3.05. The highest BCUT2D eigenvalue weighted by molar-refractivity contribution is 5.28. The number of hydrogen-bond acceptors (Lipinski definition) is 4. The molecular formula is C14H24N4O. The highest BCUT2D eigenvalue weighted by atomic mass is 16.5. The van der Waals surface area contributed by atoms with Crippen LogP contribution < -0.4 is 5.32 Å². The van der Waals surface area contributed by atoms with Gasteiger partial charge >= 0.3 is 0 Å². The van der Waals surface area contributed by atoms with Crippen LogP contribution in [-0.4, -0.2) is 53.3 Å². The molecule has 0 radical (unpaired) electrons. The fourth-order valence-corrected chi connectivity index (χ4v) is 3.05. The number of imidazole rings is 1. The summed E-state index contributed by atoms with van der Waals surface area (Å²) in [5, 5.41) is 3.57. The number of morpholine rings is 1. The summed E-state index contributed by atoms with van der Waals surface area (Å²) in [6.07, 6.45) is 9.44. The van der Waals surface area contributed by atoms with E-state index in [1.165, 1.54) is 25.7 Å². The molecule has 0 aromatic carbocycles. The van der Waals surface area contributed by atoms with Crippen molar-refractivity contribution in [3.8, 4) is 0 Å². The van der Waals surface area contributed by atoms with Crippen molar-refractivity contribution in [2.45, 2.75) is 44.4 Å². The first-order chi connectivity index (χ1) is 9.31. The third kappa shape index (κ3) is 3.28. The second kappa shape index (κ2) is 5.92. The van der Waals surface area contributed by atoms with Gasteiger partial charge in [0.1, 0.15) is 0 Å². The van der Waals surface area contributed by atoms with Crippen molar-refractivity contribution in [3.63, 3.8) is 0 Å². The van der Waals surface area contributed by atoms with Crippen molar-refractivity contribution in [3.05, 3.63) is 12.4 Å². The third-order valence-electron chi connectivity index (χ3n) is 4.15. The predicted octanol–water partition coefficient (Wildman–Crippen LogP) is 1.57. The van der Waals surface area contributed by atoms with Crippen molar-refractivity contribution in [2.75, 3.05) is 32.1 Å². The molecule has 1 unspecified atom stereocenters. The topological polar surface area (TPSA) is 42.3 Å². The van der Waals surface area contributed by atoms with E-state index in [9.17, 15) is 0 Å². The van der Waals surface area contributed by atoms with E-state index in [1.54, 1.807) is 0 Å². The summed E-state index contributed by atoms with van der Waals surface area (Å²) < 4.78 is 8.03. The smallest absolute Gasteiger partial charge is 0.203 e. The van der Waals surface area contributed by atoms with Gasteiger partial charge < -0.3 is 19.5 Å². The maximum Gasteiger partial charge on any atom is 0.203 e. The molecule has 106 valence electrons. The lowest BCUT2D eigenvalue weighted by Crippen LogP contribution is -2.42. The molecule has 1 aromatic rings. The van der Waals surface area contributed by atoms with E-state index in [0.29, 0.717) is 6.04 Å². The summed E-state index contributed by atoms with van der Waals surface area (Å²) in [4.78, 5) is 6.78. The van der Waals surface area contributed by atoms with Crippen molar-refractivity contribution in [2.24, 2.45) is 0 Å². The summed E-state index contributed by atoms with van der Waals surface area (Å²) >= 11 is 0. The van der Waals surface area contributed by atoms with Gasteiger partial charge in [0.25, 0.3) is 0 Å². The molecule has 19 heavy (non-hydrogen) atoms. The molecule has 1 N–H and O–H groups in total. The van der Waals surface area contributed by atoms with Crippen LogP contribution in [0.4, 0.5) is 5.95 Å². The standard InChI is InChI=1S/C14H24N4O/c1-17-8-9-19-13(10-17)11-18-7-6-15-14(18)16-12-4-2-3-5-12/h6-7,12-13H,2-5,8-11H2,1H3,(H,15,16). The van der Waals surface area contributed by atoms with E-state index in [-0.39, 0.29) is 6.10 Å². The van der Waals surface area contributed by atoms with Crippen molar-refractivity contribution < 1.29 is 4.74 Å². The zero-order valence-electron chi connectivity index (χ0n) is 11.7. The molecule has 3 rings (SSSR count). The minimum atomic E-state index is 0.275. The number of likely N-dealkylation sites (N-methyl/N-ethyl adjacent to an activating group) is 1. The average Bonchev–Trinajstić information content (AvgIpc) is 3.03. The summed E-state index contributed by atoms with van der Waals surface area (Å²) in [5.41, 5.74) is 0. The van der Waals surface area contributed by atoms with Gasteiger partial charge in [0.05, 0.1) is 19.3 Å². The van der Waals surface area contributed by atoms with Crippen molar-refractivity contribution in [1.82, 2.24) is 14.5 Å². The van der Waals surface area contributed by atoms with Gasteiger partial charge in [-0.1, -0.05) is 12.8 Å². The number of anilines is 1. The summed E-state index contributed by atoms with van der Waals surface area (Å²) in [6, 6.07) is 0.607. The second-order valence-corrected chi connectivity index (χ2v) is 5.78. The molecule has 0 amide bonds. The zero-order valence-corrected chi connectivity index (χ0v) is 11.7. The molecule has 1 aromatic heterocycles. The summed E-state index contributed by atoms with van der Waals surface area (Å²) in [6.45, 7) is 3.76. The Labute approximate surface area is 114 Å². The first kappa shape index (κ1) is 12.9. The number of aromatic nitrogens is 2. The number of rotatable bonds is 4. The highest BCUT2D eigenvalue weighted by Crippen LogP contribution is 2.21. The van der Waals surface area contributed by atoms with Crippen molar-refractivity contribution in [1.29, 1.82) is 0 Å². The summed E-state index contributed by atoms with van der Waals surface area (Å²) in [7, 11) is 2.15. The number of nitrogens with one attached hydrogen (secondary N) is 1. The van der Waals surface area contributed by atoms with E-state index in [1.807, 2.05) is 6.20 Å². The van der Waals surface area contributed by atoms with Gasteiger partial charge in [0.15, 0.2) is 0 Å². The minimum absolute atomic E-state index is 0.275. The van der Waals surface area contributed by atoms with E-state index in [0.717, 1.165) is 32.2 Å². The molecule has 1 aliphatic carbocycles. The molecular weight excluding hydrogens is 240 g/mol. The maximum absolute atomic E-state index is 5.83. The Morgan fingerprint density at radius 3 is 3.05 bits per heavy atom. The molecule has 2 aliphatic rings. The number of nitrogens with zero attached hydrogens (tertiary/aromatic N) is 3. The lowest BCUT2D eigenvalue weighted by Gasteiger charge is -2.30. The van der Waals surface area contributed by atoms with Crippen LogP contribution in [0, 0.1) is 0 Å². The van der Waals surface area contributed by atoms with Crippen LogP contribution in [0.1, 0.15) is 25.7 Å². The molecule has 5 nitrogen and oxygen atoms in total. The second-order valence-electron chi connectivity index (χ2n) is 5.78. The molecule has 1 saturated carbocycles. The average molecular weight is 264 g/mol. The Bertz CT molecular complexity index is 400. The van der Waals surface area contributed by atoms with Crippen LogP contribution in [0.25, 0.3) is 0 Å². The molecule has 0 bridgehead atoms. The van der Waals surface area contributed by atoms with Crippen molar-refractivity contribution >= 4 is 5.95 Å². The van der Waals surface area contributed by atoms with Gasteiger partial charge in [-0.3, -0.25) is 0 Å². The zero-order chi connectivity index (χ0) is 13.1. The van der Waals surface area contributed by atoms with Gasteiger partial charge in [-0.2, -0.15) is 0 Å². The number of hydrogen-bond donors (Lipinski definition) is 1. The van der Waals surface area contributed by atoms with Crippen LogP contribution in [0.15, 0.2) is 12.4 Å². The van der Waals surface area contributed by atoms with Crippen LogP contribution in [-0.2, 0) is 11.3 Å². The van der Waals surface area contributed by atoms with Crippen LogP contribution >= 0.6 is 0 Å². The van der Waals surface area contributed by atoms with E-state index in [2.05, 4.69) is 33.0 Å². The Morgan fingerprint density at radius 2 is 2.26 bits per heavy atom. The van der Waals surface area contributed by atoms with Gasteiger partial charge in [0, 0.05) is 31.5 Å². The van der Waals surface area contributed by atoms with Gasteiger partial charge in [-0.15, -0.1) is 0 Å². The largest absolute Gasteiger partial charge is 0.374 e. The first-order valence-corrected chi connectivity index (χ1v) is 7.39. The monoisotopic (exact) mass is 264 g/mol. The number of ether oxygens (including phenoxy) is 1. The predicted molar refractivity (Wildman–Crippen MR) is 75.3 cm³/mol. The SMILES string of the molecule is CN1CCOC(Cn2ccnc2NC2CCCC2)C1. The summed E-state index contributed by atoms with van der Waals surface area (Å²) in [5.74, 6) is 1.00. The molecule has 1 atom stereocenters. The Morgan fingerprint density at radius 1 is 1.42 bits per heavy atom. The Kier molecular flexibility index (Phi) is 4.03. The Balaban J connectivity index is 1.59. The van der Waals surface area contributed by atoms with Crippen LogP contribution in [0.2, 0.25) is 0 Å². The minimum Gasteiger partial charge on any atom is -0.374 e. The van der Waals surface area contributed by atoms with E-state index in [4.69, 9.17) is 4.74 Å². The lowest BCUT2D eigenvalue weighted by molar-refractivity contribution is -0.0272. The van der Waals surface area contributed by atoms with Crippen LogP contribution in [0.3, 0.4) is 0 Å². The lowest BCUT2D eigenvalue weighted by atomic mass is 10.2. The maximum atomic E-state index is 5.83. The molecule has 0 spiro atoms. The molecule has 5 heteroatoms. The molecule has 2 fully saturated rings.